The molecule has 1 heterocycles. The Labute approximate surface area is 172 Å². The molecule has 2 aromatic carbocycles. The molecule has 0 aromatic heterocycles. The van der Waals surface area contributed by atoms with Gasteiger partial charge in [0.25, 0.3) is 5.91 Å². The maximum atomic E-state index is 12.8. The topological polar surface area (TPSA) is 48.0 Å². The highest BCUT2D eigenvalue weighted by atomic mass is 79.9. The van der Waals surface area contributed by atoms with Crippen molar-refractivity contribution in [3.63, 3.8) is 0 Å². The molecule has 0 bridgehead atoms. The molecule has 144 valence electrons. The van der Waals surface area contributed by atoms with Crippen LogP contribution in [-0.4, -0.2) is 38.2 Å². The van der Waals surface area contributed by atoms with Crippen molar-refractivity contribution in [1.82, 2.24) is 4.90 Å². The first-order chi connectivity index (χ1) is 13.0. The number of rotatable bonds is 6. The zero-order chi connectivity index (χ0) is 19.4. The number of ether oxygens (including phenoxy) is 3. The van der Waals surface area contributed by atoms with E-state index in [-0.39, 0.29) is 18.6 Å². The molecule has 5 nitrogen and oxygen atoms in total. The van der Waals surface area contributed by atoms with Crippen molar-refractivity contribution in [2.45, 2.75) is 18.9 Å². The number of hydrogen-bond acceptors (Lipinski definition) is 4. The van der Waals surface area contributed by atoms with Crippen LogP contribution in [0.5, 0.6) is 17.2 Å². The Bertz CT molecular complexity index is 830. The van der Waals surface area contributed by atoms with E-state index >= 15 is 0 Å². The second kappa shape index (κ2) is 8.85. The molecule has 0 saturated carbocycles. The Kier molecular flexibility index (Phi) is 6.50. The van der Waals surface area contributed by atoms with Gasteiger partial charge in [-0.25, -0.2) is 0 Å². The second-order valence-corrected chi connectivity index (χ2v) is 7.51. The van der Waals surface area contributed by atoms with Gasteiger partial charge in [0, 0.05) is 17.1 Å². The third-order valence-electron chi connectivity index (χ3n) is 4.61. The summed E-state index contributed by atoms with van der Waals surface area (Å²) in [6.45, 7) is 0.651. The first-order valence-electron chi connectivity index (χ1n) is 8.62. The van der Waals surface area contributed by atoms with Gasteiger partial charge in [-0.05, 0) is 65.2 Å². The van der Waals surface area contributed by atoms with Gasteiger partial charge in [-0.1, -0.05) is 11.6 Å². The van der Waals surface area contributed by atoms with Gasteiger partial charge < -0.3 is 19.1 Å². The molecule has 1 aliphatic rings. The number of amides is 1. The highest BCUT2D eigenvalue weighted by molar-refractivity contribution is 9.10. The van der Waals surface area contributed by atoms with Gasteiger partial charge in [0.15, 0.2) is 6.61 Å². The monoisotopic (exact) mass is 453 g/mol. The van der Waals surface area contributed by atoms with Gasteiger partial charge in [0.2, 0.25) is 0 Å². The molecule has 0 radical (unpaired) electrons. The minimum atomic E-state index is -0.0655. The smallest absolute Gasteiger partial charge is 0.261 e. The van der Waals surface area contributed by atoms with Crippen LogP contribution in [0.15, 0.2) is 40.9 Å². The molecule has 1 atom stereocenters. The van der Waals surface area contributed by atoms with E-state index in [9.17, 15) is 4.79 Å². The van der Waals surface area contributed by atoms with E-state index in [1.165, 1.54) is 0 Å². The standard InChI is InChI=1S/C20H21BrClNO4/c1-25-14-6-8-18(26-2)15(11-14)17-4-3-9-23(17)20(24)12-27-19-7-5-13(22)10-16(19)21/h5-8,10-11,17H,3-4,9,12H2,1-2H3. The minimum absolute atomic E-state index is 0.0387. The molecule has 2 aromatic rings. The van der Waals surface area contributed by atoms with Crippen molar-refractivity contribution in [3.8, 4) is 17.2 Å². The number of halogens is 2. The lowest BCUT2D eigenvalue weighted by Gasteiger charge is -2.26. The number of carbonyl (C=O) groups excluding carboxylic acids is 1. The average Bonchev–Trinajstić information content (AvgIpc) is 3.16. The van der Waals surface area contributed by atoms with Crippen molar-refractivity contribution >= 4 is 33.4 Å². The van der Waals surface area contributed by atoms with E-state index in [0.29, 0.717) is 17.3 Å². The molecule has 7 heteroatoms. The summed E-state index contributed by atoms with van der Waals surface area (Å²) in [5.74, 6) is 2.01. The Balaban J connectivity index is 1.75. The number of hydrogen-bond donors (Lipinski definition) is 0. The molecule has 1 fully saturated rings. The summed E-state index contributed by atoms with van der Waals surface area (Å²) < 4.78 is 17.3. The lowest BCUT2D eigenvalue weighted by atomic mass is 10.0. The van der Waals surface area contributed by atoms with Gasteiger partial charge in [0.1, 0.15) is 17.2 Å². The van der Waals surface area contributed by atoms with Crippen molar-refractivity contribution in [1.29, 1.82) is 0 Å². The first-order valence-corrected chi connectivity index (χ1v) is 9.80. The molecule has 3 rings (SSSR count). The van der Waals surface area contributed by atoms with Crippen molar-refractivity contribution < 1.29 is 19.0 Å². The fourth-order valence-corrected chi connectivity index (χ4v) is 4.10. The lowest BCUT2D eigenvalue weighted by Crippen LogP contribution is -2.34. The predicted octanol–water partition coefficient (Wildman–Crippen LogP) is 4.86. The molecule has 1 aliphatic heterocycles. The SMILES string of the molecule is COc1ccc(OC)c(C2CCCN2C(=O)COc2ccc(Cl)cc2Br)c1. The van der Waals surface area contributed by atoms with Gasteiger partial charge in [-0.15, -0.1) is 0 Å². The average molecular weight is 455 g/mol. The molecule has 1 unspecified atom stereocenters. The molecule has 1 saturated heterocycles. The van der Waals surface area contributed by atoms with Crippen LogP contribution in [0.1, 0.15) is 24.4 Å². The minimum Gasteiger partial charge on any atom is -0.497 e. The largest absolute Gasteiger partial charge is 0.497 e. The number of likely N-dealkylation sites (tertiary alicyclic amines) is 1. The van der Waals surface area contributed by atoms with E-state index in [1.807, 2.05) is 23.1 Å². The summed E-state index contributed by atoms with van der Waals surface area (Å²) in [7, 11) is 3.26. The van der Waals surface area contributed by atoms with Crippen molar-refractivity contribution in [2.24, 2.45) is 0 Å². The third-order valence-corrected chi connectivity index (χ3v) is 5.47. The number of nitrogens with zero attached hydrogens (tertiary/aromatic N) is 1. The zero-order valence-electron chi connectivity index (χ0n) is 15.2. The molecule has 0 spiro atoms. The molecule has 1 amide bonds. The van der Waals surface area contributed by atoms with Gasteiger partial charge in [0.05, 0.1) is 24.7 Å². The van der Waals surface area contributed by atoms with Crippen LogP contribution in [0.2, 0.25) is 5.02 Å². The van der Waals surface area contributed by atoms with Crippen LogP contribution >= 0.6 is 27.5 Å². The van der Waals surface area contributed by atoms with E-state index in [1.54, 1.807) is 32.4 Å². The lowest BCUT2D eigenvalue weighted by molar-refractivity contribution is -0.134. The summed E-state index contributed by atoms with van der Waals surface area (Å²) in [6, 6.07) is 10.8. The Morgan fingerprint density at radius 2 is 1.96 bits per heavy atom. The van der Waals surface area contributed by atoms with E-state index < -0.39 is 0 Å². The third kappa shape index (κ3) is 4.50. The molecular weight excluding hydrogens is 434 g/mol. The van der Waals surface area contributed by atoms with Crippen LogP contribution in [0.25, 0.3) is 0 Å². The van der Waals surface area contributed by atoms with Crippen LogP contribution in [0.3, 0.4) is 0 Å². The van der Waals surface area contributed by atoms with Crippen LogP contribution in [0, 0.1) is 0 Å². The quantitative estimate of drug-likeness (QED) is 0.625. The predicted molar refractivity (Wildman–Crippen MR) is 108 cm³/mol. The molecule has 0 aliphatic carbocycles. The van der Waals surface area contributed by atoms with Crippen molar-refractivity contribution in [3.05, 3.63) is 51.5 Å². The van der Waals surface area contributed by atoms with E-state index in [0.717, 1.165) is 34.4 Å². The Hall–Kier alpha value is -1.92. The maximum absolute atomic E-state index is 12.8. The highest BCUT2D eigenvalue weighted by Gasteiger charge is 2.32. The molecule has 27 heavy (non-hydrogen) atoms. The van der Waals surface area contributed by atoms with Gasteiger partial charge in [-0.3, -0.25) is 4.79 Å². The number of methoxy groups -OCH3 is 2. The first kappa shape index (κ1) is 19.8. The number of carbonyl (C=O) groups is 1. The van der Waals surface area contributed by atoms with Crippen LogP contribution in [-0.2, 0) is 4.79 Å². The highest BCUT2D eigenvalue weighted by Crippen LogP contribution is 2.39. The molecular formula is C20H21BrClNO4. The molecule has 0 N–H and O–H groups in total. The number of benzene rings is 2. The fourth-order valence-electron chi connectivity index (χ4n) is 3.30. The second-order valence-electron chi connectivity index (χ2n) is 6.22. The summed E-state index contributed by atoms with van der Waals surface area (Å²) in [4.78, 5) is 14.7. The van der Waals surface area contributed by atoms with E-state index in [4.69, 9.17) is 25.8 Å². The summed E-state index contributed by atoms with van der Waals surface area (Å²) in [6.07, 6.45) is 1.81. The zero-order valence-corrected chi connectivity index (χ0v) is 17.5. The Morgan fingerprint density at radius 3 is 2.67 bits per heavy atom. The van der Waals surface area contributed by atoms with Gasteiger partial charge in [-0.2, -0.15) is 0 Å². The van der Waals surface area contributed by atoms with Crippen molar-refractivity contribution in [2.75, 3.05) is 27.4 Å². The normalized spacial score (nSPS) is 16.3. The fraction of sp³-hybridized carbons (Fsp3) is 0.350. The summed E-state index contributed by atoms with van der Waals surface area (Å²) in [5.41, 5.74) is 0.954. The van der Waals surface area contributed by atoms with E-state index in [2.05, 4.69) is 15.9 Å². The Morgan fingerprint density at radius 1 is 1.19 bits per heavy atom. The summed E-state index contributed by atoms with van der Waals surface area (Å²) in [5, 5.41) is 0.602. The van der Waals surface area contributed by atoms with Crippen LogP contribution < -0.4 is 14.2 Å². The van der Waals surface area contributed by atoms with Gasteiger partial charge >= 0.3 is 0 Å². The maximum Gasteiger partial charge on any atom is 0.261 e. The van der Waals surface area contributed by atoms with Crippen LogP contribution in [0.4, 0.5) is 0 Å². The summed E-state index contributed by atoms with van der Waals surface area (Å²) >= 11 is 9.34.